The zero-order valence-electron chi connectivity index (χ0n) is 14.3. The van der Waals surface area contributed by atoms with E-state index < -0.39 is 0 Å². The lowest BCUT2D eigenvalue weighted by molar-refractivity contribution is 0.0672. The largest absolute Gasteiger partial charge is 0.380 e. The predicted octanol–water partition coefficient (Wildman–Crippen LogP) is 3.18. The number of fused-ring (bicyclic) bond motifs is 1. The van der Waals surface area contributed by atoms with Crippen molar-refractivity contribution in [3.8, 4) is 0 Å². The van der Waals surface area contributed by atoms with E-state index in [0.717, 1.165) is 5.39 Å². The molecular formula is C18H17ClN4O3. The van der Waals surface area contributed by atoms with Crippen LogP contribution in [-0.2, 0) is 4.74 Å². The molecule has 1 aromatic carbocycles. The summed E-state index contributed by atoms with van der Waals surface area (Å²) >= 11 is 6.22. The highest BCUT2D eigenvalue weighted by Crippen LogP contribution is 2.35. The number of carbonyl (C=O) groups excluding carboxylic acids is 1. The minimum absolute atomic E-state index is 0.102. The van der Waals surface area contributed by atoms with Gasteiger partial charge in [-0.25, -0.2) is 0 Å². The van der Waals surface area contributed by atoms with Crippen LogP contribution in [-0.4, -0.2) is 45.7 Å². The van der Waals surface area contributed by atoms with Gasteiger partial charge in [-0.15, -0.1) is 0 Å². The van der Waals surface area contributed by atoms with Crippen LogP contribution >= 0.6 is 11.6 Å². The van der Waals surface area contributed by atoms with E-state index in [-0.39, 0.29) is 18.1 Å². The Kier molecular flexibility index (Phi) is 4.34. The summed E-state index contributed by atoms with van der Waals surface area (Å²) in [6.07, 6.45) is 2.15. The Balaban J connectivity index is 1.77. The average molecular weight is 373 g/mol. The minimum atomic E-state index is -0.341. The maximum Gasteiger partial charge on any atom is 0.256 e. The minimum Gasteiger partial charge on any atom is -0.380 e. The highest BCUT2D eigenvalue weighted by molar-refractivity contribution is 6.32. The molecule has 0 saturated carbocycles. The highest BCUT2D eigenvalue weighted by atomic mass is 35.5. The number of ether oxygens (including phenoxy) is 1. The van der Waals surface area contributed by atoms with E-state index in [1.54, 1.807) is 37.3 Å². The van der Waals surface area contributed by atoms with Crippen LogP contribution in [0, 0.1) is 6.92 Å². The molecule has 1 aliphatic heterocycles. The first kappa shape index (κ1) is 16.9. The lowest BCUT2D eigenvalue weighted by Gasteiger charge is -2.22. The van der Waals surface area contributed by atoms with E-state index >= 15 is 0 Å². The summed E-state index contributed by atoms with van der Waals surface area (Å²) in [6.45, 7) is 2.18. The van der Waals surface area contributed by atoms with Crippen LogP contribution in [0.4, 0.5) is 0 Å². The van der Waals surface area contributed by atoms with E-state index in [0.29, 0.717) is 40.8 Å². The van der Waals surface area contributed by atoms with Gasteiger partial charge < -0.3 is 14.2 Å². The van der Waals surface area contributed by atoms with Crippen molar-refractivity contribution in [2.75, 3.05) is 13.7 Å². The molecule has 0 N–H and O–H groups in total. The van der Waals surface area contributed by atoms with Gasteiger partial charge in [0.15, 0.2) is 5.82 Å². The third-order valence-corrected chi connectivity index (χ3v) is 4.80. The molecule has 26 heavy (non-hydrogen) atoms. The number of nitrogens with zero attached hydrogens (tertiary/aromatic N) is 4. The molecule has 4 rings (SSSR count). The summed E-state index contributed by atoms with van der Waals surface area (Å²) < 4.78 is 10.8. The Labute approximate surface area is 154 Å². The fourth-order valence-electron chi connectivity index (χ4n) is 3.35. The van der Waals surface area contributed by atoms with Crippen LogP contribution in [0.15, 0.2) is 35.0 Å². The molecule has 0 spiro atoms. The number of rotatable bonds is 3. The Morgan fingerprint density at radius 2 is 2.27 bits per heavy atom. The number of carbonyl (C=O) groups is 1. The summed E-state index contributed by atoms with van der Waals surface area (Å²) in [4.78, 5) is 23.7. The van der Waals surface area contributed by atoms with Gasteiger partial charge in [-0.1, -0.05) is 22.8 Å². The van der Waals surface area contributed by atoms with Gasteiger partial charge in [0.25, 0.3) is 5.91 Å². The maximum atomic E-state index is 13.3. The van der Waals surface area contributed by atoms with Crippen LogP contribution in [0.5, 0.6) is 0 Å². The van der Waals surface area contributed by atoms with Crippen molar-refractivity contribution in [3.63, 3.8) is 0 Å². The molecule has 1 fully saturated rings. The third-order valence-electron chi connectivity index (χ3n) is 4.59. The zero-order chi connectivity index (χ0) is 18.3. The molecule has 0 radical (unpaired) electrons. The Morgan fingerprint density at radius 3 is 3.00 bits per heavy atom. The van der Waals surface area contributed by atoms with E-state index in [4.69, 9.17) is 20.9 Å². The molecule has 2 atom stereocenters. The van der Waals surface area contributed by atoms with Crippen molar-refractivity contribution in [2.24, 2.45) is 0 Å². The van der Waals surface area contributed by atoms with Gasteiger partial charge in [0.2, 0.25) is 5.89 Å². The Hall–Kier alpha value is -2.51. The first-order valence-electron chi connectivity index (χ1n) is 8.25. The molecule has 7 nitrogen and oxygen atoms in total. The number of pyridine rings is 1. The van der Waals surface area contributed by atoms with Crippen LogP contribution in [0.2, 0.25) is 5.02 Å². The summed E-state index contributed by atoms with van der Waals surface area (Å²) in [5.41, 5.74) is 1.06. The van der Waals surface area contributed by atoms with Crippen LogP contribution in [0.25, 0.3) is 10.9 Å². The van der Waals surface area contributed by atoms with Gasteiger partial charge in [-0.2, -0.15) is 4.98 Å². The second kappa shape index (κ2) is 6.66. The number of aryl methyl sites for hydroxylation is 1. The maximum absolute atomic E-state index is 13.3. The quantitative estimate of drug-likeness (QED) is 0.702. The molecule has 1 saturated heterocycles. The summed E-state index contributed by atoms with van der Waals surface area (Å²) in [6, 6.07) is 6.79. The summed E-state index contributed by atoms with van der Waals surface area (Å²) in [7, 11) is 1.63. The molecular weight excluding hydrogens is 356 g/mol. The van der Waals surface area contributed by atoms with Crippen LogP contribution in [0.3, 0.4) is 0 Å². The van der Waals surface area contributed by atoms with Crippen molar-refractivity contribution < 1.29 is 14.1 Å². The van der Waals surface area contributed by atoms with E-state index in [2.05, 4.69) is 15.1 Å². The molecule has 3 aromatic rings. The van der Waals surface area contributed by atoms with Gasteiger partial charge >= 0.3 is 0 Å². The number of likely N-dealkylation sites (tertiary alicyclic amines) is 1. The van der Waals surface area contributed by atoms with Gasteiger partial charge in [0, 0.05) is 36.7 Å². The Morgan fingerprint density at radius 1 is 1.42 bits per heavy atom. The van der Waals surface area contributed by atoms with Crippen molar-refractivity contribution in [1.82, 2.24) is 20.0 Å². The number of hydrogen-bond donors (Lipinski definition) is 0. The van der Waals surface area contributed by atoms with E-state index in [1.807, 2.05) is 12.1 Å². The molecule has 134 valence electrons. The second-order valence-electron chi connectivity index (χ2n) is 6.28. The van der Waals surface area contributed by atoms with Crippen LogP contribution in [0.1, 0.15) is 34.5 Å². The fourth-order valence-corrected chi connectivity index (χ4v) is 3.58. The van der Waals surface area contributed by atoms with Gasteiger partial charge in [0.05, 0.1) is 17.2 Å². The standard InChI is InChI=1S/C18H17ClN4O3/c1-10-21-17(26-22-10)15-8-13(25-2)9-23(15)18(24)14-7-12(19)6-11-4-3-5-20-16(11)14/h3-7,13,15H,8-9H2,1-2H3/t13-,15+/m0/s1. The molecule has 3 heterocycles. The topological polar surface area (TPSA) is 81.4 Å². The van der Waals surface area contributed by atoms with Crippen LogP contribution < -0.4 is 0 Å². The van der Waals surface area contributed by atoms with Crippen molar-refractivity contribution in [3.05, 3.63) is 52.8 Å². The predicted molar refractivity (Wildman–Crippen MR) is 95.0 cm³/mol. The number of benzene rings is 1. The molecule has 0 aliphatic carbocycles. The monoisotopic (exact) mass is 372 g/mol. The fraction of sp³-hybridized carbons (Fsp3) is 0.333. The highest BCUT2D eigenvalue weighted by Gasteiger charge is 2.40. The third kappa shape index (κ3) is 2.93. The molecule has 1 aliphatic rings. The average Bonchev–Trinajstić information content (AvgIpc) is 3.26. The first-order valence-corrected chi connectivity index (χ1v) is 8.63. The summed E-state index contributed by atoms with van der Waals surface area (Å²) in [5.74, 6) is 0.759. The molecule has 0 bridgehead atoms. The van der Waals surface area contributed by atoms with Gasteiger partial charge in [-0.05, 0) is 25.1 Å². The molecule has 8 heteroatoms. The van der Waals surface area contributed by atoms with Gasteiger partial charge in [0.1, 0.15) is 6.04 Å². The van der Waals surface area contributed by atoms with Crippen molar-refractivity contribution in [2.45, 2.75) is 25.5 Å². The lowest BCUT2D eigenvalue weighted by atomic mass is 10.1. The number of amides is 1. The number of aromatic nitrogens is 3. The van der Waals surface area contributed by atoms with Gasteiger partial charge in [-0.3, -0.25) is 9.78 Å². The van der Waals surface area contributed by atoms with Crippen molar-refractivity contribution >= 4 is 28.4 Å². The van der Waals surface area contributed by atoms with E-state index in [9.17, 15) is 4.79 Å². The normalized spacial score (nSPS) is 20.0. The lowest BCUT2D eigenvalue weighted by Crippen LogP contribution is -2.32. The first-order chi connectivity index (χ1) is 12.6. The van der Waals surface area contributed by atoms with E-state index in [1.165, 1.54) is 0 Å². The Bertz CT molecular complexity index is 974. The molecule has 2 aromatic heterocycles. The number of halogens is 1. The van der Waals surface area contributed by atoms with Crippen molar-refractivity contribution in [1.29, 1.82) is 0 Å². The number of hydrogen-bond acceptors (Lipinski definition) is 6. The number of methoxy groups -OCH3 is 1. The second-order valence-corrected chi connectivity index (χ2v) is 6.71. The zero-order valence-corrected chi connectivity index (χ0v) is 15.1. The SMILES string of the molecule is CO[C@H]1C[C@H](c2nc(C)no2)N(C(=O)c2cc(Cl)cc3cccnc23)C1. The summed E-state index contributed by atoms with van der Waals surface area (Å²) in [5, 5.41) is 5.15. The molecule has 1 amide bonds. The molecule has 0 unspecified atom stereocenters. The smallest absolute Gasteiger partial charge is 0.256 e.